The van der Waals surface area contributed by atoms with Crippen molar-refractivity contribution in [1.29, 1.82) is 0 Å². The van der Waals surface area contributed by atoms with E-state index in [1.165, 1.54) is 0 Å². The molecule has 118 valence electrons. The number of H-pyrrole nitrogens is 1. The number of aromatic amines is 1. The third-order valence-electron chi connectivity index (χ3n) is 5.33. The minimum absolute atomic E-state index is 0.0605. The van der Waals surface area contributed by atoms with Crippen LogP contribution in [-0.4, -0.2) is 57.2 Å². The van der Waals surface area contributed by atoms with Crippen LogP contribution in [0.1, 0.15) is 26.2 Å². The highest BCUT2D eigenvalue weighted by atomic mass is 16.5. The van der Waals surface area contributed by atoms with Crippen molar-refractivity contribution in [1.82, 2.24) is 20.2 Å². The van der Waals surface area contributed by atoms with Crippen molar-refractivity contribution in [2.24, 2.45) is 5.41 Å². The molecule has 0 radical (unpaired) electrons. The number of piperidine rings is 1. The smallest absolute Gasteiger partial charge is 0.160 e. The molecule has 3 heterocycles. The van der Waals surface area contributed by atoms with Crippen LogP contribution in [0.3, 0.4) is 0 Å². The van der Waals surface area contributed by atoms with Crippen LogP contribution in [0.25, 0.3) is 11.0 Å². The van der Waals surface area contributed by atoms with Crippen LogP contribution in [0.4, 0.5) is 5.82 Å². The first kappa shape index (κ1) is 13.9. The Hall–Kier alpha value is -1.73. The van der Waals surface area contributed by atoms with Gasteiger partial charge in [-0.3, -0.25) is 5.10 Å². The van der Waals surface area contributed by atoms with Gasteiger partial charge in [0.05, 0.1) is 23.8 Å². The minimum Gasteiger partial charge on any atom is -0.392 e. The summed E-state index contributed by atoms with van der Waals surface area (Å²) in [5.41, 5.74) is 0.704. The molecule has 2 atom stereocenters. The number of hydrogen-bond donors (Lipinski definition) is 2. The predicted molar refractivity (Wildman–Crippen MR) is 81.6 cm³/mol. The van der Waals surface area contributed by atoms with E-state index < -0.39 is 0 Å². The second-order valence-electron chi connectivity index (χ2n) is 6.25. The number of fused-ring (bicyclic) bond motifs is 1. The summed E-state index contributed by atoms with van der Waals surface area (Å²) in [6, 6.07) is 0. The molecule has 1 aliphatic carbocycles. The zero-order valence-corrected chi connectivity index (χ0v) is 12.7. The number of nitrogens with one attached hydrogen (secondary N) is 1. The highest BCUT2D eigenvalue weighted by molar-refractivity contribution is 5.86. The van der Waals surface area contributed by atoms with Gasteiger partial charge in [0.25, 0.3) is 0 Å². The van der Waals surface area contributed by atoms with Crippen LogP contribution in [-0.2, 0) is 4.74 Å². The van der Waals surface area contributed by atoms with Crippen molar-refractivity contribution in [2.45, 2.75) is 38.4 Å². The van der Waals surface area contributed by atoms with Gasteiger partial charge in [-0.25, -0.2) is 9.97 Å². The standard InChI is InChI=1S/C15H21N5O2/c1-2-22-12-7-11(21)15(12)3-5-20(6-4-15)14-10-8-18-19-13(10)16-9-17-14/h8-9,11-12,21H,2-7H2,1H3,(H,16,17,18,19). The van der Waals surface area contributed by atoms with E-state index in [-0.39, 0.29) is 17.6 Å². The first-order valence-electron chi connectivity index (χ1n) is 7.93. The Morgan fingerprint density at radius 1 is 1.41 bits per heavy atom. The van der Waals surface area contributed by atoms with E-state index in [4.69, 9.17) is 4.74 Å². The molecule has 4 rings (SSSR count). The van der Waals surface area contributed by atoms with E-state index in [1.54, 1.807) is 12.5 Å². The van der Waals surface area contributed by atoms with Crippen LogP contribution < -0.4 is 4.90 Å². The van der Waals surface area contributed by atoms with Crippen LogP contribution in [0, 0.1) is 5.41 Å². The van der Waals surface area contributed by atoms with Gasteiger partial charge in [-0.15, -0.1) is 0 Å². The molecule has 22 heavy (non-hydrogen) atoms. The molecule has 1 saturated heterocycles. The quantitative estimate of drug-likeness (QED) is 0.883. The molecule has 2 aliphatic rings. The van der Waals surface area contributed by atoms with E-state index in [2.05, 4.69) is 25.1 Å². The number of ether oxygens (including phenoxy) is 1. The third-order valence-corrected chi connectivity index (χ3v) is 5.33. The lowest BCUT2D eigenvalue weighted by Crippen LogP contribution is -2.62. The van der Waals surface area contributed by atoms with Crippen molar-refractivity contribution in [3.63, 3.8) is 0 Å². The highest BCUT2D eigenvalue weighted by Crippen LogP contribution is 2.51. The summed E-state index contributed by atoms with van der Waals surface area (Å²) < 4.78 is 5.82. The molecular formula is C15H21N5O2. The van der Waals surface area contributed by atoms with E-state index in [0.29, 0.717) is 6.61 Å². The first-order chi connectivity index (χ1) is 10.7. The Kier molecular flexibility index (Phi) is 3.27. The number of rotatable bonds is 3. The fourth-order valence-corrected chi connectivity index (χ4v) is 3.96. The second-order valence-corrected chi connectivity index (χ2v) is 6.25. The van der Waals surface area contributed by atoms with Gasteiger partial charge in [-0.1, -0.05) is 0 Å². The molecule has 1 spiro atoms. The van der Waals surface area contributed by atoms with Gasteiger partial charge in [-0.2, -0.15) is 5.10 Å². The molecule has 0 bridgehead atoms. The molecule has 0 amide bonds. The van der Waals surface area contributed by atoms with Gasteiger partial charge in [0.2, 0.25) is 0 Å². The molecule has 0 aromatic carbocycles. The lowest BCUT2D eigenvalue weighted by Gasteiger charge is -2.56. The number of aliphatic hydroxyl groups excluding tert-OH is 1. The van der Waals surface area contributed by atoms with Crippen LogP contribution in [0.15, 0.2) is 12.5 Å². The molecule has 2 aromatic rings. The maximum Gasteiger partial charge on any atom is 0.160 e. The topological polar surface area (TPSA) is 87.2 Å². The summed E-state index contributed by atoms with van der Waals surface area (Å²) >= 11 is 0. The lowest BCUT2D eigenvalue weighted by molar-refractivity contribution is -0.199. The molecule has 7 nitrogen and oxygen atoms in total. The number of hydrogen-bond acceptors (Lipinski definition) is 6. The van der Waals surface area contributed by atoms with E-state index >= 15 is 0 Å². The molecule has 1 aliphatic heterocycles. The van der Waals surface area contributed by atoms with Crippen molar-refractivity contribution in [3.05, 3.63) is 12.5 Å². The third kappa shape index (κ3) is 1.92. The SMILES string of the molecule is CCOC1CC(O)C12CCN(c1ncnc3[nH]ncc13)CC2. The maximum absolute atomic E-state index is 10.3. The molecule has 2 unspecified atom stereocenters. The second kappa shape index (κ2) is 5.17. The van der Waals surface area contributed by atoms with Gasteiger partial charge in [-0.05, 0) is 19.8 Å². The van der Waals surface area contributed by atoms with E-state index in [1.807, 2.05) is 6.92 Å². The average molecular weight is 303 g/mol. The monoisotopic (exact) mass is 303 g/mol. The number of nitrogens with zero attached hydrogens (tertiary/aromatic N) is 4. The Morgan fingerprint density at radius 2 is 2.23 bits per heavy atom. The Morgan fingerprint density at radius 3 is 2.95 bits per heavy atom. The summed E-state index contributed by atoms with van der Waals surface area (Å²) in [6.07, 6.45) is 5.95. The maximum atomic E-state index is 10.3. The number of aliphatic hydroxyl groups is 1. The van der Waals surface area contributed by atoms with Crippen molar-refractivity contribution >= 4 is 16.9 Å². The molecule has 2 N–H and O–H groups in total. The first-order valence-corrected chi connectivity index (χ1v) is 7.93. The molecule has 2 aromatic heterocycles. The Labute approximate surface area is 128 Å². The minimum atomic E-state index is -0.231. The Bertz CT molecular complexity index is 663. The van der Waals surface area contributed by atoms with Gasteiger partial charge in [0.1, 0.15) is 12.1 Å². The van der Waals surface area contributed by atoms with Gasteiger partial charge in [0.15, 0.2) is 5.65 Å². The summed E-state index contributed by atoms with van der Waals surface area (Å²) in [6.45, 7) is 4.48. The molecule has 7 heteroatoms. The average Bonchev–Trinajstić information content (AvgIpc) is 3.03. The highest BCUT2D eigenvalue weighted by Gasteiger charge is 2.56. The normalized spacial score (nSPS) is 27.3. The van der Waals surface area contributed by atoms with E-state index in [0.717, 1.165) is 49.2 Å². The summed E-state index contributed by atoms with van der Waals surface area (Å²) in [4.78, 5) is 10.9. The zero-order chi connectivity index (χ0) is 15.2. The van der Waals surface area contributed by atoms with Crippen LogP contribution in [0.2, 0.25) is 0 Å². The van der Waals surface area contributed by atoms with Gasteiger partial charge >= 0.3 is 0 Å². The predicted octanol–water partition coefficient (Wildman–Crippen LogP) is 1.11. The van der Waals surface area contributed by atoms with Crippen molar-refractivity contribution in [2.75, 3.05) is 24.6 Å². The van der Waals surface area contributed by atoms with Crippen LogP contribution in [0.5, 0.6) is 0 Å². The summed E-state index contributed by atoms with van der Waals surface area (Å²) in [5.74, 6) is 0.926. The van der Waals surface area contributed by atoms with Crippen LogP contribution >= 0.6 is 0 Å². The fourth-order valence-electron chi connectivity index (χ4n) is 3.96. The fraction of sp³-hybridized carbons (Fsp3) is 0.667. The van der Waals surface area contributed by atoms with Gasteiger partial charge < -0.3 is 14.7 Å². The number of aromatic nitrogens is 4. The largest absolute Gasteiger partial charge is 0.392 e. The Balaban J connectivity index is 1.53. The zero-order valence-electron chi connectivity index (χ0n) is 12.7. The van der Waals surface area contributed by atoms with E-state index in [9.17, 15) is 5.11 Å². The number of anilines is 1. The van der Waals surface area contributed by atoms with Gasteiger partial charge in [0, 0.05) is 31.5 Å². The summed E-state index contributed by atoms with van der Waals surface area (Å²) in [7, 11) is 0. The molecular weight excluding hydrogens is 282 g/mol. The van der Waals surface area contributed by atoms with Crippen molar-refractivity contribution in [3.8, 4) is 0 Å². The summed E-state index contributed by atoms with van der Waals surface area (Å²) in [5, 5.41) is 18.2. The van der Waals surface area contributed by atoms with Crippen molar-refractivity contribution < 1.29 is 9.84 Å². The lowest BCUT2D eigenvalue weighted by atomic mass is 9.58. The molecule has 2 fully saturated rings. The molecule has 1 saturated carbocycles.